The number of quaternary nitrogens is 1. The lowest BCUT2D eigenvalue weighted by Crippen LogP contribution is -2.45. The molecule has 20 heavy (non-hydrogen) atoms. The van der Waals surface area contributed by atoms with Crippen molar-refractivity contribution in [2.24, 2.45) is 0 Å². The van der Waals surface area contributed by atoms with Crippen molar-refractivity contribution in [3.63, 3.8) is 0 Å². The van der Waals surface area contributed by atoms with Crippen LogP contribution in [0.25, 0.3) is 0 Å². The van der Waals surface area contributed by atoms with Crippen LogP contribution in [-0.2, 0) is 0 Å². The van der Waals surface area contributed by atoms with E-state index in [1.807, 2.05) is 6.92 Å². The van der Waals surface area contributed by atoms with E-state index in [1.54, 1.807) is 0 Å². The van der Waals surface area contributed by atoms with E-state index in [4.69, 9.17) is 11.6 Å². The maximum atomic E-state index is 9.47. The second-order valence-electron chi connectivity index (χ2n) is 6.99. The molecule has 2 atom stereocenters. The van der Waals surface area contributed by atoms with Gasteiger partial charge in [-0.25, -0.2) is 0 Å². The summed E-state index contributed by atoms with van der Waals surface area (Å²) in [4.78, 5) is 0. The van der Waals surface area contributed by atoms with Gasteiger partial charge in [0.25, 0.3) is 0 Å². The molecule has 0 aromatic heterocycles. The summed E-state index contributed by atoms with van der Waals surface area (Å²) in [6.07, 6.45) is 11.4. The molecule has 122 valence electrons. The average Bonchev–Trinajstić information content (AvgIpc) is 2.34. The summed E-state index contributed by atoms with van der Waals surface area (Å²) in [6.45, 7) is 5.98. The van der Waals surface area contributed by atoms with E-state index in [2.05, 4.69) is 21.0 Å². The van der Waals surface area contributed by atoms with Gasteiger partial charge >= 0.3 is 0 Å². The minimum absolute atomic E-state index is 0.234. The van der Waals surface area contributed by atoms with E-state index in [0.717, 1.165) is 30.4 Å². The molecule has 0 aliphatic rings. The van der Waals surface area contributed by atoms with Gasteiger partial charge in [0, 0.05) is 11.8 Å². The lowest BCUT2D eigenvalue weighted by atomic mass is 10.1. The molecule has 0 aliphatic carbocycles. The predicted octanol–water partition coefficient (Wildman–Crippen LogP) is 4.58. The van der Waals surface area contributed by atoms with Crippen molar-refractivity contribution in [2.45, 2.75) is 83.1 Å². The van der Waals surface area contributed by atoms with Crippen LogP contribution < -0.4 is 0 Å². The lowest BCUT2D eigenvalue weighted by Gasteiger charge is -2.31. The van der Waals surface area contributed by atoms with Gasteiger partial charge in [0.15, 0.2) is 0 Å². The Morgan fingerprint density at radius 2 is 1.50 bits per heavy atom. The summed E-state index contributed by atoms with van der Waals surface area (Å²) in [7, 11) is 4.34. The summed E-state index contributed by atoms with van der Waals surface area (Å²) in [5, 5.41) is 9.77. The summed E-state index contributed by atoms with van der Waals surface area (Å²) < 4.78 is 0.859. The van der Waals surface area contributed by atoms with Crippen molar-refractivity contribution >= 4 is 11.6 Å². The Hall–Kier alpha value is 0.210. The first-order chi connectivity index (χ1) is 9.37. The van der Waals surface area contributed by atoms with Crippen molar-refractivity contribution in [3.05, 3.63) is 0 Å². The molecule has 0 saturated heterocycles. The molecule has 0 rings (SSSR count). The lowest BCUT2D eigenvalue weighted by molar-refractivity contribution is -0.893. The zero-order valence-electron chi connectivity index (χ0n) is 14.2. The van der Waals surface area contributed by atoms with Crippen LogP contribution in [0.15, 0.2) is 0 Å². The van der Waals surface area contributed by atoms with Crippen LogP contribution in [0.5, 0.6) is 0 Å². The fourth-order valence-electron chi connectivity index (χ4n) is 2.76. The van der Waals surface area contributed by atoms with Crippen LogP contribution in [0.3, 0.4) is 0 Å². The van der Waals surface area contributed by atoms with Gasteiger partial charge in [0.1, 0.15) is 12.6 Å². The van der Waals surface area contributed by atoms with Gasteiger partial charge in [0.2, 0.25) is 0 Å². The highest BCUT2D eigenvalue weighted by Crippen LogP contribution is 2.16. The Balaban J connectivity index is 3.51. The number of unbranched alkanes of at least 4 members (excludes halogenated alkanes) is 6. The third kappa shape index (κ3) is 13.2. The Morgan fingerprint density at radius 3 is 2.05 bits per heavy atom. The first kappa shape index (κ1) is 20.2. The Morgan fingerprint density at radius 1 is 0.950 bits per heavy atom. The number of halogens is 1. The largest absolute Gasteiger partial charge is 0.388 e. The molecule has 0 amide bonds. The minimum Gasteiger partial charge on any atom is -0.388 e. The molecular formula is C17H37ClNO+. The zero-order chi connectivity index (χ0) is 15.4. The van der Waals surface area contributed by atoms with Crippen LogP contribution >= 0.6 is 11.6 Å². The molecule has 0 bridgehead atoms. The summed E-state index contributed by atoms with van der Waals surface area (Å²) in [5.74, 6) is 0. The molecule has 0 aromatic rings. The topological polar surface area (TPSA) is 20.2 Å². The quantitative estimate of drug-likeness (QED) is 0.300. The first-order valence-electron chi connectivity index (χ1n) is 8.51. The number of rotatable bonds is 13. The molecule has 2 nitrogen and oxygen atoms in total. The van der Waals surface area contributed by atoms with Crippen LogP contribution in [0.2, 0.25) is 0 Å². The van der Waals surface area contributed by atoms with E-state index >= 15 is 0 Å². The molecule has 2 unspecified atom stereocenters. The molecule has 0 aliphatic heterocycles. The van der Waals surface area contributed by atoms with Gasteiger partial charge in [-0.05, 0) is 13.3 Å². The van der Waals surface area contributed by atoms with Gasteiger partial charge in [0.05, 0.1) is 20.6 Å². The van der Waals surface area contributed by atoms with Crippen molar-refractivity contribution in [3.8, 4) is 0 Å². The van der Waals surface area contributed by atoms with Gasteiger partial charge in [-0.2, -0.15) is 0 Å². The van der Waals surface area contributed by atoms with Gasteiger partial charge in [-0.3, -0.25) is 0 Å². The Bertz CT molecular complexity index is 219. The van der Waals surface area contributed by atoms with Crippen LogP contribution in [0, 0.1) is 0 Å². The third-order valence-electron chi connectivity index (χ3n) is 3.93. The van der Waals surface area contributed by atoms with Gasteiger partial charge in [-0.1, -0.05) is 51.9 Å². The van der Waals surface area contributed by atoms with E-state index < -0.39 is 0 Å². The molecule has 0 fully saturated rings. The molecule has 0 heterocycles. The van der Waals surface area contributed by atoms with E-state index in [1.165, 1.54) is 44.9 Å². The molecular weight excluding hydrogens is 270 g/mol. The second kappa shape index (κ2) is 11.8. The monoisotopic (exact) mass is 306 g/mol. The average molecular weight is 307 g/mol. The number of aliphatic hydroxyl groups excluding tert-OH is 1. The zero-order valence-corrected chi connectivity index (χ0v) is 15.0. The normalized spacial score (nSPS) is 15.3. The Labute approximate surface area is 132 Å². The maximum absolute atomic E-state index is 9.47. The van der Waals surface area contributed by atoms with E-state index in [-0.39, 0.29) is 6.10 Å². The van der Waals surface area contributed by atoms with Crippen molar-refractivity contribution in [2.75, 3.05) is 27.2 Å². The second-order valence-corrected chi connectivity index (χ2v) is 7.60. The Kier molecular flexibility index (Phi) is 11.9. The predicted molar refractivity (Wildman–Crippen MR) is 90.4 cm³/mol. The van der Waals surface area contributed by atoms with Crippen molar-refractivity contribution in [1.29, 1.82) is 0 Å². The SMILES string of the molecule is CCCCCCCCCC(Cl)CC[N+](C)(C)CC(C)O. The molecule has 0 spiro atoms. The number of alkyl halides is 1. The van der Waals surface area contributed by atoms with Crippen LogP contribution in [0.1, 0.15) is 71.6 Å². The molecule has 0 saturated carbocycles. The fourth-order valence-corrected chi connectivity index (χ4v) is 3.02. The number of likely N-dealkylation sites (N-methyl/N-ethyl adjacent to an activating group) is 1. The molecule has 1 N–H and O–H groups in total. The van der Waals surface area contributed by atoms with Crippen LogP contribution in [0.4, 0.5) is 0 Å². The number of hydrogen-bond acceptors (Lipinski definition) is 1. The maximum Gasteiger partial charge on any atom is 0.104 e. The fraction of sp³-hybridized carbons (Fsp3) is 1.00. The van der Waals surface area contributed by atoms with E-state index in [0.29, 0.717) is 5.38 Å². The number of hydrogen-bond donors (Lipinski definition) is 1. The van der Waals surface area contributed by atoms with E-state index in [9.17, 15) is 5.11 Å². The van der Waals surface area contributed by atoms with Gasteiger partial charge < -0.3 is 9.59 Å². The smallest absolute Gasteiger partial charge is 0.104 e. The number of nitrogens with zero attached hydrogens (tertiary/aromatic N) is 1. The van der Waals surface area contributed by atoms with Gasteiger partial charge in [-0.15, -0.1) is 11.6 Å². The highest BCUT2D eigenvalue weighted by atomic mass is 35.5. The molecule has 0 aromatic carbocycles. The summed E-state index contributed by atoms with van der Waals surface area (Å²) in [6, 6.07) is 0. The van der Waals surface area contributed by atoms with Crippen LogP contribution in [-0.4, -0.2) is 48.3 Å². The molecule has 0 radical (unpaired) electrons. The standard InChI is InChI=1S/C17H37ClNO/c1-5-6-7-8-9-10-11-12-17(18)13-14-19(3,4)15-16(2)20/h16-17,20H,5-15H2,1-4H3/q+1. The summed E-state index contributed by atoms with van der Waals surface area (Å²) in [5.41, 5.74) is 0. The van der Waals surface area contributed by atoms with Crippen molar-refractivity contribution < 1.29 is 9.59 Å². The highest BCUT2D eigenvalue weighted by Gasteiger charge is 2.19. The summed E-state index contributed by atoms with van der Waals surface area (Å²) >= 11 is 6.41. The molecule has 3 heteroatoms. The number of aliphatic hydroxyl groups is 1. The minimum atomic E-state index is -0.234. The first-order valence-corrected chi connectivity index (χ1v) is 8.95. The van der Waals surface area contributed by atoms with Crippen molar-refractivity contribution in [1.82, 2.24) is 0 Å². The third-order valence-corrected chi connectivity index (χ3v) is 4.36. The highest BCUT2D eigenvalue weighted by molar-refractivity contribution is 6.20.